The van der Waals surface area contributed by atoms with Gasteiger partial charge in [-0.05, 0) is 0 Å². The van der Waals surface area contributed by atoms with Crippen molar-refractivity contribution in [1.82, 2.24) is 0 Å². The van der Waals surface area contributed by atoms with E-state index in [9.17, 15) is 0 Å². The van der Waals surface area contributed by atoms with Gasteiger partial charge >= 0.3 is 37.3 Å². The van der Waals surface area contributed by atoms with Gasteiger partial charge in [0.1, 0.15) is 21.0 Å². The van der Waals surface area contributed by atoms with Crippen LogP contribution in [0.1, 0.15) is 0 Å². The first kappa shape index (κ1) is 11.8. The molecular weight excluding hydrogens is 315 g/mol. The molecule has 0 heterocycles. The van der Waals surface area contributed by atoms with Crippen molar-refractivity contribution in [2.45, 2.75) is 21.3 Å². The average molecular weight is 333 g/mol. The molecule has 0 amide bonds. The zero-order chi connectivity index (χ0) is 7.21. The molecule has 0 aromatic heterocycles. The van der Waals surface area contributed by atoms with Gasteiger partial charge in [-0.25, -0.2) is 0 Å². The van der Waals surface area contributed by atoms with E-state index in [-0.39, 0.29) is 0 Å². The Hall–Kier alpha value is 1.08. The Morgan fingerprint density at radius 3 is 1.00 bits per heavy atom. The smallest absolute Gasteiger partial charge is 0.129 e. The largest absolute Gasteiger partial charge is 0.471 e. The SMILES string of the molecule is [CH3][Pt]([CH3])([CH3])[CH3].[SiH3]O[SiH3]. The van der Waals surface area contributed by atoms with Gasteiger partial charge in [0.25, 0.3) is 0 Å². The second kappa shape index (κ2) is 6.21. The standard InChI is InChI=1S/4CH3.H6OSi2.Pt/c;;;;2-1-3;/h4*1H3;2-3H3;. The summed E-state index contributed by atoms with van der Waals surface area (Å²) >= 11 is -0.944. The van der Waals surface area contributed by atoms with E-state index in [1.54, 1.807) is 0 Å². The fourth-order valence-electron chi connectivity index (χ4n) is 0. The van der Waals surface area contributed by atoms with Crippen molar-refractivity contribution in [3.05, 3.63) is 0 Å². The fraction of sp³-hybridized carbons (Fsp3) is 1.00. The van der Waals surface area contributed by atoms with Crippen LogP contribution in [0.15, 0.2) is 0 Å². The van der Waals surface area contributed by atoms with Crippen LogP contribution in [0.25, 0.3) is 0 Å². The molecule has 0 aliphatic heterocycles. The Bertz CT molecular complexity index is 37.8. The van der Waals surface area contributed by atoms with Gasteiger partial charge in [-0.1, -0.05) is 0 Å². The van der Waals surface area contributed by atoms with Crippen molar-refractivity contribution < 1.29 is 20.2 Å². The van der Waals surface area contributed by atoms with Gasteiger partial charge in [-0.2, -0.15) is 0 Å². The average Bonchev–Trinajstić information content (AvgIpc) is 1.27. The number of rotatable bonds is 0. The minimum atomic E-state index is -0.944. The quantitative estimate of drug-likeness (QED) is 0.563. The van der Waals surface area contributed by atoms with Crippen LogP contribution >= 0.6 is 0 Å². The molecule has 0 aliphatic carbocycles. The molecular formula is C4H18OPtSi2. The predicted molar refractivity (Wildman–Crippen MR) is 44.4 cm³/mol. The summed E-state index contributed by atoms with van der Waals surface area (Å²) in [6.45, 7) is 0. The van der Waals surface area contributed by atoms with Gasteiger partial charge in [-0.15, -0.1) is 0 Å². The summed E-state index contributed by atoms with van der Waals surface area (Å²) in [5, 5.41) is 9.47. The summed E-state index contributed by atoms with van der Waals surface area (Å²) in [6, 6.07) is 0. The molecule has 0 fully saturated rings. The van der Waals surface area contributed by atoms with Crippen LogP contribution in [0.4, 0.5) is 0 Å². The minimum absolute atomic E-state index is 0.931. The number of hydrogen-bond acceptors (Lipinski definition) is 1. The van der Waals surface area contributed by atoms with Crippen molar-refractivity contribution in [2.24, 2.45) is 0 Å². The van der Waals surface area contributed by atoms with E-state index in [0.717, 1.165) is 21.0 Å². The topological polar surface area (TPSA) is 9.23 Å². The molecule has 0 spiro atoms. The number of hydrogen-bond donors (Lipinski definition) is 0. The Kier molecular flexibility index (Phi) is 9.18. The van der Waals surface area contributed by atoms with Crippen LogP contribution in [0.2, 0.25) is 21.3 Å². The van der Waals surface area contributed by atoms with E-state index in [4.69, 9.17) is 0 Å². The van der Waals surface area contributed by atoms with Crippen molar-refractivity contribution in [3.63, 3.8) is 0 Å². The third kappa shape index (κ3) is 224. The summed E-state index contributed by atoms with van der Waals surface area (Å²) < 4.78 is 4.53. The van der Waals surface area contributed by atoms with E-state index in [0.29, 0.717) is 0 Å². The second-order valence-electron chi connectivity index (χ2n) is 2.31. The van der Waals surface area contributed by atoms with Crippen molar-refractivity contribution in [1.29, 1.82) is 0 Å². The van der Waals surface area contributed by atoms with Crippen LogP contribution in [-0.4, -0.2) is 21.0 Å². The van der Waals surface area contributed by atoms with E-state index in [1.165, 1.54) is 0 Å². The Morgan fingerprint density at radius 2 is 1.00 bits per heavy atom. The maximum Gasteiger partial charge on any atom is 0.129 e. The molecule has 0 saturated carbocycles. The molecule has 0 atom stereocenters. The van der Waals surface area contributed by atoms with Gasteiger partial charge in [0, 0.05) is 0 Å². The maximum atomic E-state index is 4.53. The Morgan fingerprint density at radius 1 is 1.00 bits per heavy atom. The van der Waals surface area contributed by atoms with Crippen LogP contribution in [0.5, 0.6) is 0 Å². The normalized spacial score (nSPS) is 12.5. The minimum Gasteiger partial charge on any atom is -0.471 e. The predicted octanol–water partition coefficient (Wildman–Crippen LogP) is -0.104. The second-order valence-corrected chi connectivity index (χ2v) is 19.2. The van der Waals surface area contributed by atoms with Gasteiger partial charge in [0.05, 0.1) is 0 Å². The molecule has 8 heavy (non-hydrogen) atoms. The molecule has 0 saturated heterocycles. The summed E-state index contributed by atoms with van der Waals surface area (Å²) in [7, 11) is 1.86. The van der Waals surface area contributed by atoms with E-state index in [2.05, 4.69) is 25.4 Å². The molecule has 0 bridgehead atoms. The van der Waals surface area contributed by atoms with Gasteiger partial charge in [0.2, 0.25) is 0 Å². The van der Waals surface area contributed by atoms with Crippen LogP contribution in [0.3, 0.4) is 0 Å². The van der Waals surface area contributed by atoms with Gasteiger partial charge < -0.3 is 4.12 Å². The van der Waals surface area contributed by atoms with Crippen molar-refractivity contribution >= 4 is 21.0 Å². The van der Waals surface area contributed by atoms with Crippen molar-refractivity contribution in [3.8, 4) is 0 Å². The molecule has 0 N–H and O–H groups in total. The molecule has 58 valence electrons. The van der Waals surface area contributed by atoms with Crippen LogP contribution in [-0.2, 0) is 20.2 Å². The van der Waals surface area contributed by atoms with Gasteiger partial charge in [-0.3, -0.25) is 0 Å². The Labute approximate surface area is 62.5 Å². The molecule has 0 radical (unpaired) electrons. The van der Waals surface area contributed by atoms with E-state index in [1.807, 2.05) is 0 Å². The zero-order valence-corrected chi connectivity index (χ0v) is 13.0. The molecule has 0 unspecified atom stereocenters. The fourth-order valence-corrected chi connectivity index (χ4v) is 0. The summed E-state index contributed by atoms with van der Waals surface area (Å²) in [5.74, 6) is 0. The molecule has 0 aliphatic rings. The van der Waals surface area contributed by atoms with Gasteiger partial charge in [0.15, 0.2) is 0 Å². The molecule has 4 heteroatoms. The van der Waals surface area contributed by atoms with E-state index >= 15 is 0 Å². The maximum absolute atomic E-state index is 4.53. The molecule has 1 nitrogen and oxygen atoms in total. The monoisotopic (exact) mass is 333 g/mol. The van der Waals surface area contributed by atoms with E-state index < -0.39 is 16.1 Å². The first-order valence-corrected chi connectivity index (χ1v) is 12.8. The third-order valence-electron chi connectivity index (χ3n) is 0. The summed E-state index contributed by atoms with van der Waals surface area (Å²) in [6.07, 6.45) is 0. The first-order valence-electron chi connectivity index (χ1n) is 2.08. The zero-order valence-electron chi connectivity index (χ0n) is 6.72. The first-order chi connectivity index (χ1) is 3.41. The Balaban J connectivity index is 0. The molecule has 0 aromatic carbocycles. The summed E-state index contributed by atoms with van der Waals surface area (Å²) in [4.78, 5) is 0. The molecule has 0 rings (SSSR count). The van der Waals surface area contributed by atoms with Crippen molar-refractivity contribution in [2.75, 3.05) is 0 Å². The molecule has 0 aromatic rings. The summed E-state index contributed by atoms with van der Waals surface area (Å²) in [5.41, 5.74) is 0. The third-order valence-corrected chi connectivity index (χ3v) is 0. The van der Waals surface area contributed by atoms with Crippen LogP contribution in [0, 0.1) is 0 Å². The van der Waals surface area contributed by atoms with Crippen LogP contribution < -0.4 is 0 Å².